The zero-order valence-electron chi connectivity index (χ0n) is 8.58. The fourth-order valence-corrected chi connectivity index (χ4v) is 2.26. The number of fused-ring (bicyclic) bond motifs is 1. The van der Waals surface area contributed by atoms with Crippen LogP contribution in [-0.4, -0.2) is 14.2 Å². The summed E-state index contributed by atoms with van der Waals surface area (Å²) in [5.41, 5.74) is 0. The van der Waals surface area contributed by atoms with E-state index in [0.29, 0.717) is 0 Å². The molecule has 0 unspecified atom stereocenters. The van der Waals surface area contributed by atoms with Crippen LogP contribution in [0.4, 0.5) is 0 Å². The lowest BCUT2D eigenvalue weighted by Gasteiger charge is -2.11. The highest BCUT2D eigenvalue weighted by Crippen LogP contribution is 2.40. The first-order valence-corrected chi connectivity index (χ1v) is 5.36. The molecule has 0 aromatic heterocycles. The molecule has 3 heteroatoms. The van der Waals surface area contributed by atoms with Crippen LogP contribution in [0.15, 0.2) is 34.8 Å². The summed E-state index contributed by atoms with van der Waals surface area (Å²) in [6.07, 6.45) is 0. The van der Waals surface area contributed by atoms with Crippen LogP contribution >= 0.6 is 15.9 Å². The van der Waals surface area contributed by atoms with Crippen molar-refractivity contribution in [3.63, 3.8) is 0 Å². The fraction of sp³-hybridized carbons (Fsp3) is 0.167. The second-order valence-corrected chi connectivity index (χ2v) is 3.94. The molecule has 0 bridgehead atoms. The molecule has 0 aliphatic rings. The second kappa shape index (κ2) is 4.11. The maximum absolute atomic E-state index is 5.37. The van der Waals surface area contributed by atoms with Crippen LogP contribution in [-0.2, 0) is 0 Å². The van der Waals surface area contributed by atoms with Gasteiger partial charge in [0.2, 0.25) is 0 Å². The van der Waals surface area contributed by atoms with Crippen LogP contribution in [0, 0.1) is 0 Å². The van der Waals surface area contributed by atoms with E-state index in [-0.39, 0.29) is 0 Å². The number of rotatable bonds is 2. The Kier molecular flexibility index (Phi) is 2.82. The Hall–Kier alpha value is -1.22. The Bertz CT molecular complexity index is 494. The van der Waals surface area contributed by atoms with Gasteiger partial charge in [0.25, 0.3) is 0 Å². The zero-order valence-corrected chi connectivity index (χ0v) is 10.2. The number of ether oxygens (including phenoxy) is 2. The summed E-state index contributed by atoms with van der Waals surface area (Å²) < 4.78 is 11.5. The Labute approximate surface area is 96.9 Å². The second-order valence-electron chi connectivity index (χ2n) is 3.15. The molecule has 15 heavy (non-hydrogen) atoms. The lowest BCUT2D eigenvalue weighted by molar-refractivity contribution is 0.393. The van der Waals surface area contributed by atoms with Crippen molar-refractivity contribution in [2.45, 2.75) is 0 Å². The molecule has 0 aliphatic heterocycles. The molecule has 0 heterocycles. The van der Waals surface area contributed by atoms with E-state index < -0.39 is 0 Å². The Morgan fingerprint density at radius 2 is 1.80 bits per heavy atom. The van der Waals surface area contributed by atoms with Crippen molar-refractivity contribution in [2.75, 3.05) is 14.2 Å². The van der Waals surface area contributed by atoms with Gasteiger partial charge in [-0.1, -0.05) is 24.3 Å². The standard InChI is InChI=1S/C12H11BrO2/c1-14-10-7-8-5-3-4-6-9(8)12(15-2)11(10)13/h3-7H,1-2H3. The van der Waals surface area contributed by atoms with Gasteiger partial charge >= 0.3 is 0 Å². The van der Waals surface area contributed by atoms with Gasteiger partial charge in [-0.05, 0) is 27.4 Å². The average Bonchev–Trinajstić information content (AvgIpc) is 2.28. The number of hydrogen-bond acceptors (Lipinski definition) is 2. The first-order valence-electron chi connectivity index (χ1n) is 4.57. The van der Waals surface area contributed by atoms with Crippen molar-refractivity contribution in [2.24, 2.45) is 0 Å². The number of methoxy groups -OCH3 is 2. The van der Waals surface area contributed by atoms with E-state index in [4.69, 9.17) is 9.47 Å². The van der Waals surface area contributed by atoms with Gasteiger partial charge in [0.05, 0.1) is 14.2 Å². The molecule has 0 atom stereocenters. The van der Waals surface area contributed by atoms with Crippen LogP contribution in [0.5, 0.6) is 11.5 Å². The highest BCUT2D eigenvalue weighted by Gasteiger charge is 2.11. The summed E-state index contributed by atoms with van der Waals surface area (Å²) in [5.74, 6) is 1.59. The van der Waals surface area contributed by atoms with Crippen LogP contribution < -0.4 is 9.47 Å². The third-order valence-electron chi connectivity index (χ3n) is 2.33. The van der Waals surface area contributed by atoms with Gasteiger partial charge in [0, 0.05) is 5.39 Å². The molecule has 2 aromatic rings. The highest BCUT2D eigenvalue weighted by atomic mass is 79.9. The maximum atomic E-state index is 5.37. The van der Waals surface area contributed by atoms with Crippen LogP contribution in [0.1, 0.15) is 0 Å². The predicted molar refractivity (Wildman–Crippen MR) is 64.8 cm³/mol. The Morgan fingerprint density at radius 1 is 1.07 bits per heavy atom. The van der Waals surface area contributed by atoms with Crippen molar-refractivity contribution >= 4 is 26.7 Å². The summed E-state index contributed by atoms with van der Waals surface area (Å²) in [6, 6.07) is 10.0. The van der Waals surface area contributed by atoms with Gasteiger partial charge in [-0.25, -0.2) is 0 Å². The minimum absolute atomic E-state index is 0.783. The van der Waals surface area contributed by atoms with E-state index in [1.54, 1.807) is 14.2 Å². The third kappa shape index (κ3) is 1.67. The lowest BCUT2D eigenvalue weighted by atomic mass is 10.1. The van der Waals surface area contributed by atoms with Crippen LogP contribution in [0.2, 0.25) is 0 Å². The molecule has 78 valence electrons. The molecule has 0 aliphatic carbocycles. The van der Waals surface area contributed by atoms with Crippen molar-refractivity contribution < 1.29 is 9.47 Å². The van der Waals surface area contributed by atoms with Crippen molar-refractivity contribution in [3.8, 4) is 11.5 Å². The van der Waals surface area contributed by atoms with Crippen molar-refractivity contribution in [1.82, 2.24) is 0 Å². The Morgan fingerprint density at radius 3 is 2.47 bits per heavy atom. The van der Waals surface area contributed by atoms with Gasteiger partial charge in [-0.2, -0.15) is 0 Å². The first kappa shape index (κ1) is 10.3. The maximum Gasteiger partial charge on any atom is 0.144 e. The minimum Gasteiger partial charge on any atom is -0.495 e. The van der Waals surface area contributed by atoms with E-state index in [2.05, 4.69) is 15.9 Å². The summed E-state index contributed by atoms with van der Waals surface area (Å²) in [4.78, 5) is 0. The van der Waals surface area contributed by atoms with Gasteiger partial charge < -0.3 is 9.47 Å². The molecule has 0 amide bonds. The molecule has 2 rings (SSSR count). The summed E-state index contributed by atoms with van der Waals surface area (Å²) in [6.45, 7) is 0. The molecule has 0 saturated heterocycles. The monoisotopic (exact) mass is 266 g/mol. The topological polar surface area (TPSA) is 18.5 Å². The van der Waals surface area contributed by atoms with Crippen molar-refractivity contribution in [1.29, 1.82) is 0 Å². The zero-order chi connectivity index (χ0) is 10.8. The normalized spacial score (nSPS) is 10.3. The molecular formula is C12H11BrO2. The summed E-state index contributed by atoms with van der Waals surface area (Å²) in [5, 5.41) is 2.18. The smallest absolute Gasteiger partial charge is 0.144 e. The van der Waals surface area contributed by atoms with Crippen molar-refractivity contribution in [3.05, 3.63) is 34.8 Å². The molecule has 2 aromatic carbocycles. The molecule has 0 spiro atoms. The summed E-state index contributed by atoms with van der Waals surface area (Å²) >= 11 is 3.47. The molecule has 0 radical (unpaired) electrons. The van der Waals surface area contributed by atoms with E-state index in [1.807, 2.05) is 30.3 Å². The third-order valence-corrected chi connectivity index (χ3v) is 3.08. The van der Waals surface area contributed by atoms with Gasteiger partial charge in [-0.3, -0.25) is 0 Å². The largest absolute Gasteiger partial charge is 0.495 e. The van der Waals surface area contributed by atoms with Crippen LogP contribution in [0.3, 0.4) is 0 Å². The Balaban J connectivity index is 2.83. The van der Waals surface area contributed by atoms with E-state index in [1.165, 1.54) is 0 Å². The van der Waals surface area contributed by atoms with Gasteiger partial charge in [0.15, 0.2) is 0 Å². The summed E-state index contributed by atoms with van der Waals surface area (Å²) in [7, 11) is 3.31. The predicted octanol–water partition coefficient (Wildman–Crippen LogP) is 3.62. The minimum atomic E-state index is 0.783. The molecule has 0 N–H and O–H groups in total. The SMILES string of the molecule is COc1cc2ccccc2c(OC)c1Br. The quantitative estimate of drug-likeness (QED) is 0.827. The molecule has 0 fully saturated rings. The fourth-order valence-electron chi connectivity index (χ4n) is 1.61. The average molecular weight is 267 g/mol. The highest BCUT2D eigenvalue weighted by molar-refractivity contribution is 9.10. The van der Waals surface area contributed by atoms with Gasteiger partial charge in [0.1, 0.15) is 16.0 Å². The van der Waals surface area contributed by atoms with E-state index in [0.717, 1.165) is 26.7 Å². The van der Waals surface area contributed by atoms with E-state index in [9.17, 15) is 0 Å². The van der Waals surface area contributed by atoms with Crippen LogP contribution in [0.25, 0.3) is 10.8 Å². The number of hydrogen-bond donors (Lipinski definition) is 0. The molecule has 0 saturated carbocycles. The molecular weight excluding hydrogens is 256 g/mol. The first-order chi connectivity index (χ1) is 7.27. The molecule has 2 nitrogen and oxygen atoms in total. The number of benzene rings is 2. The lowest BCUT2D eigenvalue weighted by Crippen LogP contribution is -1.91. The number of halogens is 1. The van der Waals surface area contributed by atoms with E-state index >= 15 is 0 Å². The van der Waals surface area contributed by atoms with Gasteiger partial charge in [-0.15, -0.1) is 0 Å².